The molecule has 3 aromatic rings. The van der Waals surface area contributed by atoms with Gasteiger partial charge in [-0.1, -0.05) is 35.9 Å². The SMILES string of the molecule is COc1ccccc1C1/C(=C(\O)c2ccc(OC(C)C)c(C)c2)C(=O)C(=O)N1c1ccc(C)cc1. The monoisotopic (exact) mass is 471 g/mol. The molecular weight excluding hydrogens is 442 g/mol. The summed E-state index contributed by atoms with van der Waals surface area (Å²) >= 11 is 0. The number of amides is 1. The number of benzene rings is 3. The Bertz CT molecular complexity index is 1310. The van der Waals surface area contributed by atoms with E-state index in [9.17, 15) is 14.7 Å². The largest absolute Gasteiger partial charge is 0.507 e. The standard InChI is InChI=1S/C29H29NO5/c1-17(2)35-23-15-12-20(16-19(23)4)27(31)25-26(22-8-6-7-9-24(22)34-5)30(29(33)28(25)32)21-13-10-18(3)11-14-21/h6-17,26,31H,1-5H3/b27-25+. The van der Waals surface area contributed by atoms with Gasteiger partial charge < -0.3 is 14.6 Å². The Morgan fingerprint density at radius 3 is 2.26 bits per heavy atom. The van der Waals surface area contributed by atoms with Gasteiger partial charge in [0, 0.05) is 16.8 Å². The molecule has 1 saturated heterocycles. The Kier molecular flexibility index (Phi) is 6.65. The Labute approximate surface area is 205 Å². The zero-order chi connectivity index (χ0) is 25.3. The maximum absolute atomic E-state index is 13.4. The summed E-state index contributed by atoms with van der Waals surface area (Å²) in [4.78, 5) is 28.1. The molecule has 1 unspecified atom stereocenters. The third kappa shape index (κ3) is 4.52. The minimum absolute atomic E-state index is 0.00136. The molecule has 6 heteroatoms. The quantitative estimate of drug-likeness (QED) is 0.282. The second-order valence-corrected chi connectivity index (χ2v) is 8.89. The van der Waals surface area contributed by atoms with Gasteiger partial charge in [-0.25, -0.2) is 0 Å². The van der Waals surface area contributed by atoms with Gasteiger partial charge in [0.25, 0.3) is 11.7 Å². The minimum atomic E-state index is -0.860. The first-order valence-corrected chi connectivity index (χ1v) is 11.5. The first-order valence-electron chi connectivity index (χ1n) is 11.5. The highest BCUT2D eigenvalue weighted by atomic mass is 16.5. The molecule has 1 atom stereocenters. The van der Waals surface area contributed by atoms with Crippen molar-refractivity contribution in [1.29, 1.82) is 0 Å². The van der Waals surface area contributed by atoms with Crippen LogP contribution in [0.4, 0.5) is 5.69 Å². The highest BCUT2D eigenvalue weighted by Gasteiger charge is 2.47. The summed E-state index contributed by atoms with van der Waals surface area (Å²) in [5.41, 5.74) is 3.44. The number of aliphatic hydroxyl groups excluding tert-OH is 1. The number of nitrogens with zero attached hydrogens (tertiary/aromatic N) is 1. The third-order valence-electron chi connectivity index (χ3n) is 6.00. The van der Waals surface area contributed by atoms with Crippen LogP contribution in [0.2, 0.25) is 0 Å². The van der Waals surface area contributed by atoms with E-state index < -0.39 is 17.7 Å². The number of methoxy groups -OCH3 is 1. The van der Waals surface area contributed by atoms with E-state index in [0.29, 0.717) is 28.3 Å². The highest BCUT2D eigenvalue weighted by molar-refractivity contribution is 6.51. The van der Waals surface area contributed by atoms with E-state index in [1.54, 1.807) is 42.5 Å². The molecule has 6 nitrogen and oxygen atoms in total. The predicted molar refractivity (Wildman–Crippen MR) is 136 cm³/mol. The fourth-order valence-electron chi connectivity index (χ4n) is 4.33. The number of carbonyl (C=O) groups is 2. The van der Waals surface area contributed by atoms with Gasteiger partial charge in [0.15, 0.2) is 0 Å². The number of ketones is 1. The van der Waals surface area contributed by atoms with Gasteiger partial charge in [0.2, 0.25) is 0 Å². The molecule has 0 radical (unpaired) electrons. The number of hydrogen-bond acceptors (Lipinski definition) is 5. The van der Waals surface area contributed by atoms with Crippen molar-refractivity contribution in [2.75, 3.05) is 12.0 Å². The van der Waals surface area contributed by atoms with Crippen LogP contribution in [0.1, 0.15) is 42.1 Å². The molecule has 0 saturated carbocycles. The van der Waals surface area contributed by atoms with Crippen LogP contribution in [0, 0.1) is 13.8 Å². The van der Waals surface area contributed by atoms with Crippen LogP contribution in [0.25, 0.3) is 5.76 Å². The molecule has 3 aromatic carbocycles. The molecule has 1 aliphatic heterocycles. The van der Waals surface area contributed by atoms with Crippen LogP contribution >= 0.6 is 0 Å². The van der Waals surface area contributed by atoms with Gasteiger partial charge >= 0.3 is 0 Å². The molecule has 0 spiro atoms. The van der Waals surface area contributed by atoms with Crippen molar-refractivity contribution in [2.45, 2.75) is 39.8 Å². The maximum atomic E-state index is 13.4. The van der Waals surface area contributed by atoms with Gasteiger partial charge in [-0.05, 0) is 69.7 Å². The van der Waals surface area contributed by atoms with Gasteiger partial charge in [0.05, 0.1) is 24.8 Å². The van der Waals surface area contributed by atoms with Gasteiger partial charge in [0.1, 0.15) is 17.3 Å². The highest BCUT2D eigenvalue weighted by Crippen LogP contribution is 2.45. The van der Waals surface area contributed by atoms with E-state index in [1.807, 2.05) is 52.0 Å². The Balaban J connectivity index is 1.92. The van der Waals surface area contributed by atoms with E-state index in [2.05, 4.69) is 0 Å². The van der Waals surface area contributed by atoms with E-state index >= 15 is 0 Å². The summed E-state index contributed by atoms with van der Waals surface area (Å²) in [5, 5.41) is 11.4. The number of ether oxygens (including phenoxy) is 2. The molecule has 1 N–H and O–H groups in total. The number of Topliss-reactive ketones (excluding diaryl/α,β-unsaturated/α-hetero) is 1. The molecule has 0 bridgehead atoms. The van der Waals surface area contributed by atoms with Crippen molar-refractivity contribution < 1.29 is 24.2 Å². The van der Waals surface area contributed by atoms with Crippen molar-refractivity contribution >= 4 is 23.1 Å². The average Bonchev–Trinajstić information content (AvgIpc) is 3.10. The molecule has 1 fully saturated rings. The van der Waals surface area contributed by atoms with E-state index in [1.165, 1.54) is 12.0 Å². The Hall–Kier alpha value is -4.06. The number of aryl methyl sites for hydroxylation is 2. The summed E-state index contributed by atoms with van der Waals surface area (Å²) in [7, 11) is 1.54. The minimum Gasteiger partial charge on any atom is -0.507 e. The first kappa shape index (κ1) is 24.1. The molecule has 1 heterocycles. The summed E-state index contributed by atoms with van der Waals surface area (Å²) in [6.07, 6.45) is -0.00136. The number of anilines is 1. The molecule has 180 valence electrons. The van der Waals surface area contributed by atoms with Crippen molar-refractivity contribution in [2.24, 2.45) is 0 Å². The lowest BCUT2D eigenvalue weighted by atomic mass is 9.94. The first-order chi connectivity index (χ1) is 16.7. The number of aliphatic hydroxyl groups is 1. The maximum Gasteiger partial charge on any atom is 0.300 e. The summed E-state index contributed by atoms with van der Waals surface area (Å²) in [6.45, 7) is 7.70. The third-order valence-corrected chi connectivity index (χ3v) is 6.00. The van der Waals surface area contributed by atoms with Crippen molar-refractivity contribution in [3.63, 3.8) is 0 Å². The molecule has 4 rings (SSSR count). The van der Waals surface area contributed by atoms with Crippen molar-refractivity contribution in [1.82, 2.24) is 0 Å². The molecule has 0 aromatic heterocycles. The van der Waals surface area contributed by atoms with Gasteiger partial charge in [-0.15, -0.1) is 0 Å². The Morgan fingerprint density at radius 1 is 0.943 bits per heavy atom. The van der Waals surface area contributed by atoms with Crippen LogP contribution in [-0.2, 0) is 9.59 Å². The van der Waals surface area contributed by atoms with E-state index in [4.69, 9.17) is 9.47 Å². The van der Waals surface area contributed by atoms with E-state index in [-0.39, 0.29) is 17.4 Å². The molecule has 1 amide bonds. The summed E-state index contributed by atoms with van der Waals surface area (Å²) in [6, 6.07) is 18.9. The van der Waals surface area contributed by atoms with Crippen LogP contribution in [-0.4, -0.2) is 30.0 Å². The normalized spacial score (nSPS) is 17.2. The lowest BCUT2D eigenvalue weighted by Crippen LogP contribution is -2.29. The predicted octanol–water partition coefficient (Wildman–Crippen LogP) is 5.73. The lowest BCUT2D eigenvalue weighted by molar-refractivity contribution is -0.132. The number of rotatable bonds is 6. The average molecular weight is 472 g/mol. The zero-order valence-electron chi connectivity index (χ0n) is 20.5. The topological polar surface area (TPSA) is 76.1 Å². The molecular formula is C29H29NO5. The number of hydrogen-bond donors (Lipinski definition) is 1. The number of carbonyl (C=O) groups excluding carboxylic acids is 2. The van der Waals surface area contributed by atoms with Gasteiger partial charge in [-0.3, -0.25) is 14.5 Å². The lowest BCUT2D eigenvalue weighted by Gasteiger charge is -2.26. The molecule has 0 aliphatic carbocycles. The summed E-state index contributed by atoms with van der Waals surface area (Å²) in [5.74, 6) is -0.493. The molecule has 35 heavy (non-hydrogen) atoms. The zero-order valence-corrected chi connectivity index (χ0v) is 20.5. The fraction of sp³-hybridized carbons (Fsp3) is 0.241. The Morgan fingerprint density at radius 2 is 1.63 bits per heavy atom. The second kappa shape index (κ2) is 9.66. The summed E-state index contributed by atoms with van der Waals surface area (Å²) < 4.78 is 11.4. The van der Waals surface area contributed by atoms with Gasteiger partial charge in [-0.2, -0.15) is 0 Å². The van der Waals surface area contributed by atoms with Crippen molar-refractivity contribution in [3.8, 4) is 11.5 Å². The number of para-hydroxylation sites is 1. The second-order valence-electron chi connectivity index (χ2n) is 8.89. The van der Waals surface area contributed by atoms with Crippen LogP contribution in [0.15, 0.2) is 72.3 Å². The van der Waals surface area contributed by atoms with E-state index in [0.717, 1.165) is 11.1 Å². The van der Waals surface area contributed by atoms with Crippen LogP contribution in [0.5, 0.6) is 11.5 Å². The van der Waals surface area contributed by atoms with Crippen LogP contribution < -0.4 is 14.4 Å². The molecule has 1 aliphatic rings. The van der Waals surface area contributed by atoms with Crippen molar-refractivity contribution in [3.05, 3.63) is 94.6 Å². The smallest absolute Gasteiger partial charge is 0.300 e. The fourth-order valence-corrected chi connectivity index (χ4v) is 4.33. The van der Waals surface area contributed by atoms with Crippen LogP contribution in [0.3, 0.4) is 0 Å².